The lowest BCUT2D eigenvalue weighted by Crippen LogP contribution is -2.19. The highest BCUT2D eigenvalue weighted by molar-refractivity contribution is 7.80. The summed E-state index contributed by atoms with van der Waals surface area (Å²) in [5.41, 5.74) is 4.17. The van der Waals surface area contributed by atoms with Gasteiger partial charge in [0.05, 0.1) is 18.1 Å². The fourth-order valence-electron chi connectivity index (χ4n) is 1.79. The van der Waals surface area contributed by atoms with Crippen molar-refractivity contribution in [3.8, 4) is 0 Å². The molecule has 0 saturated heterocycles. The molecule has 0 fully saturated rings. The van der Waals surface area contributed by atoms with E-state index in [4.69, 9.17) is 17.0 Å². The van der Waals surface area contributed by atoms with Gasteiger partial charge in [-0.2, -0.15) is 5.10 Å². The van der Waals surface area contributed by atoms with E-state index in [1.165, 1.54) is 5.56 Å². The van der Waals surface area contributed by atoms with Crippen LogP contribution >= 0.6 is 12.2 Å². The van der Waals surface area contributed by atoms with Gasteiger partial charge in [0.2, 0.25) is 0 Å². The highest BCUT2D eigenvalue weighted by Crippen LogP contribution is 2.17. The third-order valence-corrected chi connectivity index (χ3v) is 3.00. The lowest BCUT2D eigenvalue weighted by Gasteiger charge is -2.12. The number of nitrogens with one attached hydrogen (secondary N) is 2. The minimum absolute atomic E-state index is 0.416. The van der Waals surface area contributed by atoms with E-state index in [1.54, 1.807) is 18.0 Å². The smallest absolute Gasteiger partial charge is 0.175 e. The second-order valence-electron chi connectivity index (χ2n) is 4.58. The van der Waals surface area contributed by atoms with Gasteiger partial charge >= 0.3 is 0 Å². The largest absolute Gasteiger partial charge is 0.362 e. The molecular formula is C14H18N4OS. The summed E-state index contributed by atoms with van der Waals surface area (Å²) in [7, 11) is 1.63. The van der Waals surface area contributed by atoms with Crippen molar-refractivity contribution in [1.82, 2.24) is 9.78 Å². The fraction of sp³-hybridized carbons (Fsp3) is 0.286. The topological polar surface area (TPSA) is 51.1 Å². The summed E-state index contributed by atoms with van der Waals surface area (Å²) in [5.74, 6) is 0. The molecule has 0 radical (unpaired) electrons. The SMILES string of the molecule is COCn1cc(NC(=S)Nc2cc(C)ccc2C)cn1. The molecule has 0 unspecified atom stereocenters. The Labute approximate surface area is 123 Å². The number of nitrogens with zero attached hydrogens (tertiary/aromatic N) is 2. The van der Waals surface area contributed by atoms with E-state index in [2.05, 4.69) is 40.9 Å². The molecule has 1 heterocycles. The van der Waals surface area contributed by atoms with Crippen LogP contribution in [0.5, 0.6) is 0 Å². The maximum atomic E-state index is 5.30. The third kappa shape index (κ3) is 3.79. The minimum Gasteiger partial charge on any atom is -0.362 e. The third-order valence-electron chi connectivity index (χ3n) is 2.79. The number of benzene rings is 1. The molecule has 2 rings (SSSR count). The van der Waals surface area contributed by atoms with Crippen molar-refractivity contribution < 1.29 is 4.74 Å². The van der Waals surface area contributed by atoms with Crippen molar-refractivity contribution in [3.05, 3.63) is 41.7 Å². The van der Waals surface area contributed by atoms with Crippen LogP contribution < -0.4 is 10.6 Å². The van der Waals surface area contributed by atoms with Crippen molar-refractivity contribution in [1.29, 1.82) is 0 Å². The highest BCUT2D eigenvalue weighted by atomic mass is 32.1. The Balaban J connectivity index is 1.99. The summed E-state index contributed by atoms with van der Waals surface area (Å²) in [5, 5.41) is 11.0. The van der Waals surface area contributed by atoms with Gasteiger partial charge in [0.1, 0.15) is 6.73 Å². The number of aromatic nitrogens is 2. The van der Waals surface area contributed by atoms with Crippen LogP contribution in [-0.4, -0.2) is 22.0 Å². The predicted octanol–water partition coefficient (Wildman–Crippen LogP) is 2.91. The monoisotopic (exact) mass is 290 g/mol. The lowest BCUT2D eigenvalue weighted by atomic mass is 10.1. The van der Waals surface area contributed by atoms with Crippen molar-refractivity contribution in [3.63, 3.8) is 0 Å². The molecule has 0 saturated carbocycles. The van der Waals surface area contributed by atoms with E-state index in [1.807, 2.05) is 13.1 Å². The molecule has 0 aliphatic rings. The Kier molecular flexibility index (Phi) is 4.70. The molecule has 0 amide bonds. The number of ether oxygens (including phenoxy) is 1. The first-order valence-electron chi connectivity index (χ1n) is 6.25. The number of anilines is 2. The number of rotatable bonds is 4. The van der Waals surface area contributed by atoms with Gasteiger partial charge < -0.3 is 15.4 Å². The van der Waals surface area contributed by atoms with Crippen LogP contribution in [0.3, 0.4) is 0 Å². The molecule has 0 aliphatic carbocycles. The first-order valence-corrected chi connectivity index (χ1v) is 6.66. The van der Waals surface area contributed by atoms with E-state index >= 15 is 0 Å². The van der Waals surface area contributed by atoms with Crippen LogP contribution in [0, 0.1) is 13.8 Å². The van der Waals surface area contributed by atoms with Gasteiger partial charge in [-0.1, -0.05) is 12.1 Å². The Morgan fingerprint density at radius 3 is 2.90 bits per heavy atom. The molecule has 6 heteroatoms. The maximum absolute atomic E-state index is 5.30. The summed E-state index contributed by atoms with van der Waals surface area (Å²) in [6, 6.07) is 6.21. The molecule has 5 nitrogen and oxygen atoms in total. The zero-order valence-electron chi connectivity index (χ0n) is 11.8. The number of methoxy groups -OCH3 is 1. The second kappa shape index (κ2) is 6.49. The van der Waals surface area contributed by atoms with Gasteiger partial charge in [0.25, 0.3) is 0 Å². The van der Waals surface area contributed by atoms with Gasteiger partial charge in [0.15, 0.2) is 5.11 Å². The summed E-state index contributed by atoms with van der Waals surface area (Å²) in [6.45, 7) is 4.51. The average molecular weight is 290 g/mol. The van der Waals surface area contributed by atoms with Gasteiger partial charge in [-0.25, -0.2) is 4.68 Å². The summed E-state index contributed by atoms with van der Waals surface area (Å²) in [6.07, 6.45) is 3.54. The van der Waals surface area contributed by atoms with Gasteiger partial charge in [-0.15, -0.1) is 0 Å². The van der Waals surface area contributed by atoms with E-state index in [-0.39, 0.29) is 0 Å². The molecule has 20 heavy (non-hydrogen) atoms. The van der Waals surface area contributed by atoms with Crippen molar-refractivity contribution in [2.24, 2.45) is 0 Å². The van der Waals surface area contributed by atoms with Crippen LogP contribution in [0.4, 0.5) is 11.4 Å². The van der Waals surface area contributed by atoms with E-state index in [0.717, 1.165) is 16.9 Å². The standard InChI is InChI=1S/C14H18N4OS/c1-10-4-5-11(2)13(6-10)17-14(20)16-12-7-15-18(8-12)9-19-3/h4-8H,9H2,1-3H3,(H2,16,17,20). The molecule has 0 bridgehead atoms. The first-order chi connectivity index (χ1) is 9.58. The van der Waals surface area contributed by atoms with Gasteiger partial charge in [-0.05, 0) is 43.3 Å². The first kappa shape index (κ1) is 14.5. The molecule has 1 aromatic heterocycles. The highest BCUT2D eigenvalue weighted by Gasteiger charge is 2.04. The Morgan fingerprint density at radius 1 is 1.35 bits per heavy atom. The molecule has 2 aromatic rings. The zero-order valence-corrected chi connectivity index (χ0v) is 12.6. The van der Waals surface area contributed by atoms with E-state index < -0.39 is 0 Å². The molecule has 0 aliphatic heterocycles. The predicted molar refractivity (Wildman–Crippen MR) is 85.0 cm³/mol. The van der Waals surface area contributed by atoms with Gasteiger partial charge in [-0.3, -0.25) is 0 Å². The molecule has 0 spiro atoms. The van der Waals surface area contributed by atoms with Crippen molar-refractivity contribution >= 4 is 28.7 Å². The van der Waals surface area contributed by atoms with Crippen molar-refractivity contribution in [2.45, 2.75) is 20.6 Å². The van der Waals surface area contributed by atoms with Crippen LogP contribution in [0.15, 0.2) is 30.6 Å². The summed E-state index contributed by atoms with van der Waals surface area (Å²) < 4.78 is 6.68. The molecule has 106 valence electrons. The van der Waals surface area contributed by atoms with Gasteiger partial charge in [0, 0.05) is 12.8 Å². The Bertz CT molecular complexity index is 609. The van der Waals surface area contributed by atoms with Crippen molar-refractivity contribution in [2.75, 3.05) is 17.7 Å². The van der Waals surface area contributed by atoms with Crippen LogP contribution in [0.25, 0.3) is 0 Å². The number of thiocarbonyl (C=S) groups is 1. The second-order valence-corrected chi connectivity index (χ2v) is 4.99. The molecular weight excluding hydrogens is 272 g/mol. The fourth-order valence-corrected chi connectivity index (χ4v) is 2.01. The zero-order chi connectivity index (χ0) is 14.5. The maximum Gasteiger partial charge on any atom is 0.175 e. The summed E-state index contributed by atoms with van der Waals surface area (Å²) >= 11 is 5.30. The molecule has 0 atom stereocenters. The average Bonchev–Trinajstić information content (AvgIpc) is 2.81. The van der Waals surface area contributed by atoms with E-state index in [0.29, 0.717) is 11.8 Å². The van der Waals surface area contributed by atoms with Crippen LogP contribution in [0.2, 0.25) is 0 Å². The number of aryl methyl sites for hydroxylation is 2. The van der Waals surface area contributed by atoms with Crippen LogP contribution in [0.1, 0.15) is 11.1 Å². The normalized spacial score (nSPS) is 10.3. The summed E-state index contributed by atoms with van der Waals surface area (Å²) in [4.78, 5) is 0. The lowest BCUT2D eigenvalue weighted by molar-refractivity contribution is 0.120. The number of hydrogen-bond acceptors (Lipinski definition) is 3. The quantitative estimate of drug-likeness (QED) is 0.848. The van der Waals surface area contributed by atoms with E-state index in [9.17, 15) is 0 Å². The Morgan fingerprint density at radius 2 is 2.15 bits per heavy atom. The molecule has 1 aromatic carbocycles. The molecule has 2 N–H and O–H groups in total. The Hall–Kier alpha value is -1.92. The minimum atomic E-state index is 0.416. The van der Waals surface area contributed by atoms with Crippen LogP contribution in [-0.2, 0) is 11.5 Å². The number of hydrogen-bond donors (Lipinski definition) is 2.